The molecule has 4 aromatic rings. The van der Waals surface area contributed by atoms with E-state index < -0.39 is 87.6 Å². The zero-order valence-corrected chi connectivity index (χ0v) is 29.4. The zero-order valence-electron chi connectivity index (χ0n) is 29.4. The van der Waals surface area contributed by atoms with E-state index in [2.05, 4.69) is 0 Å². The number of carbonyl (C=O) groups is 4. The van der Waals surface area contributed by atoms with Crippen LogP contribution in [0.5, 0.6) is 11.5 Å². The molecule has 7 nitrogen and oxygen atoms in total. The summed E-state index contributed by atoms with van der Waals surface area (Å²) in [5.41, 5.74) is -3.84. The number of allylic oxidation sites excluding steroid dienone is 4. The molecule has 1 heterocycles. The van der Waals surface area contributed by atoms with Gasteiger partial charge in [-0.15, -0.1) is 0 Å². The number of halogens is 6. The smallest absolute Gasteiger partial charge is 0.416 e. The molecule has 4 aliphatic rings. The number of nitrogens with zero attached hydrogens (tertiary/aromatic N) is 1. The second-order valence-corrected chi connectivity index (χ2v) is 14.5. The summed E-state index contributed by atoms with van der Waals surface area (Å²) in [4.78, 5) is 59.2. The highest BCUT2D eigenvalue weighted by atomic mass is 19.4. The van der Waals surface area contributed by atoms with E-state index in [1.807, 2.05) is 0 Å². The lowest BCUT2D eigenvalue weighted by molar-refractivity contribution is -0.143. The molecule has 13 heteroatoms. The minimum atomic E-state index is -5.23. The molecule has 0 spiro atoms. The van der Waals surface area contributed by atoms with E-state index in [0.717, 1.165) is 0 Å². The highest BCUT2D eigenvalue weighted by molar-refractivity contribution is 6.32. The van der Waals surface area contributed by atoms with E-state index >= 15 is 9.59 Å². The number of carbonyl (C=O) groups excluding carboxylic acids is 4. The quantitative estimate of drug-likeness (QED) is 0.124. The Balaban J connectivity index is 1.34. The van der Waals surface area contributed by atoms with Gasteiger partial charge in [-0.05, 0) is 71.9 Å². The number of hydrogen-bond donors (Lipinski definition) is 1. The summed E-state index contributed by atoms with van der Waals surface area (Å²) in [6.45, 7) is 0. The van der Waals surface area contributed by atoms with Gasteiger partial charge >= 0.3 is 12.4 Å². The fraction of sp³-hybridized carbons (Fsp3) is 0.256. The fourth-order valence-electron chi connectivity index (χ4n) is 9.45. The van der Waals surface area contributed by atoms with Crippen molar-refractivity contribution >= 4 is 34.6 Å². The van der Waals surface area contributed by atoms with Gasteiger partial charge in [0.1, 0.15) is 0 Å². The average Bonchev–Trinajstić information content (AvgIpc) is 3.44. The van der Waals surface area contributed by atoms with E-state index in [4.69, 9.17) is 4.74 Å². The number of fused-ring (bicyclic) bond motifs is 4. The fourth-order valence-corrected chi connectivity index (χ4v) is 9.45. The molecule has 1 saturated carbocycles. The van der Waals surface area contributed by atoms with Crippen LogP contribution in [0.2, 0.25) is 0 Å². The maximum atomic E-state index is 15.1. The Kier molecular flexibility index (Phi) is 8.62. The van der Waals surface area contributed by atoms with Gasteiger partial charge in [0.2, 0.25) is 11.8 Å². The van der Waals surface area contributed by atoms with Crippen molar-refractivity contribution in [2.24, 2.45) is 23.7 Å². The van der Waals surface area contributed by atoms with Gasteiger partial charge < -0.3 is 9.84 Å². The molecule has 56 heavy (non-hydrogen) atoms. The Morgan fingerprint density at radius 3 is 2.00 bits per heavy atom. The molecule has 6 unspecified atom stereocenters. The number of anilines is 1. The van der Waals surface area contributed by atoms with E-state index in [-0.39, 0.29) is 36.0 Å². The second-order valence-electron chi connectivity index (χ2n) is 14.5. The van der Waals surface area contributed by atoms with Gasteiger partial charge in [0.25, 0.3) is 0 Å². The summed E-state index contributed by atoms with van der Waals surface area (Å²) in [5.74, 6) is -8.57. The maximum Gasteiger partial charge on any atom is 0.416 e. The van der Waals surface area contributed by atoms with Gasteiger partial charge in [-0.3, -0.25) is 19.2 Å². The van der Waals surface area contributed by atoms with Crippen molar-refractivity contribution in [3.05, 3.63) is 143 Å². The standard InChI is InChI=1S/C43H31F6NO6/c1-56-34-16-23(12-15-33(34)51)37-28-13-14-29-36(40(55)50(39(29)54)27-18-25(42(44,45)46)17-26(19-27)43(47,48)49)31(28)20-32-38(53)30(22-8-4-2-5-9-22)21-35(52)41(32,37)24-10-6-3-7-11-24/h2-13,15-19,21,29,31-32,36-37,51H,14,20H2,1H3. The van der Waals surface area contributed by atoms with E-state index in [1.54, 1.807) is 72.8 Å². The van der Waals surface area contributed by atoms with Crippen molar-refractivity contribution in [3.8, 4) is 11.5 Å². The highest BCUT2D eigenvalue weighted by Crippen LogP contribution is 2.64. The monoisotopic (exact) mass is 771 g/mol. The summed E-state index contributed by atoms with van der Waals surface area (Å²) in [5, 5.41) is 10.6. The first-order valence-corrected chi connectivity index (χ1v) is 17.7. The molecular weight excluding hydrogens is 740 g/mol. The van der Waals surface area contributed by atoms with Crippen molar-refractivity contribution < 1.29 is 55.4 Å². The number of imide groups is 1. The van der Waals surface area contributed by atoms with E-state index in [0.29, 0.717) is 39.3 Å². The van der Waals surface area contributed by atoms with Crippen LogP contribution >= 0.6 is 0 Å². The van der Waals surface area contributed by atoms with Crippen molar-refractivity contribution in [1.29, 1.82) is 0 Å². The van der Waals surface area contributed by atoms with Crippen LogP contribution in [-0.4, -0.2) is 35.6 Å². The molecule has 4 aromatic carbocycles. The first-order valence-electron chi connectivity index (χ1n) is 17.7. The number of methoxy groups -OCH3 is 1. The second kappa shape index (κ2) is 13.1. The molecule has 2 fully saturated rings. The number of hydrogen-bond acceptors (Lipinski definition) is 6. The lowest BCUT2D eigenvalue weighted by atomic mass is 9.44. The number of phenols is 1. The summed E-state index contributed by atoms with van der Waals surface area (Å²) in [6, 6.07) is 22.3. The first-order chi connectivity index (χ1) is 26.6. The molecule has 6 atom stereocenters. The lowest BCUT2D eigenvalue weighted by Gasteiger charge is -2.55. The van der Waals surface area contributed by atoms with Crippen LogP contribution in [-0.2, 0) is 36.9 Å². The number of rotatable bonds is 5. The third kappa shape index (κ3) is 5.57. The molecule has 0 aromatic heterocycles. The Labute approximate surface area is 315 Å². The minimum absolute atomic E-state index is 0.0529. The maximum absolute atomic E-state index is 15.1. The summed E-state index contributed by atoms with van der Waals surface area (Å²) in [7, 11) is 1.34. The van der Waals surface area contributed by atoms with Crippen LogP contribution < -0.4 is 9.64 Å². The normalized spacial score (nSPS) is 26.3. The van der Waals surface area contributed by atoms with Gasteiger partial charge in [-0.1, -0.05) is 78.4 Å². The molecule has 1 aliphatic heterocycles. The Hall–Kier alpha value is -5.98. The predicted octanol–water partition coefficient (Wildman–Crippen LogP) is 8.47. The Bertz CT molecular complexity index is 2340. The number of alkyl halides is 6. The number of phenolic OH excluding ortho intramolecular Hbond substituents is 1. The van der Waals surface area contributed by atoms with Crippen LogP contribution in [0, 0.1) is 23.7 Å². The SMILES string of the molecule is COc1cc(C2C3=CCC4C(=O)N(c5cc(C(F)(F)F)cc(C(F)(F)F)c5)C(=O)C4C3CC3C(=O)C(c4ccccc4)=CC(=O)C32c2ccccc2)ccc1O. The van der Waals surface area contributed by atoms with Crippen LogP contribution in [0.25, 0.3) is 5.57 Å². The van der Waals surface area contributed by atoms with Crippen LogP contribution in [0.4, 0.5) is 32.0 Å². The molecule has 1 saturated heterocycles. The molecule has 3 aliphatic carbocycles. The molecular formula is C43H31F6NO6. The van der Waals surface area contributed by atoms with Gasteiger partial charge in [0, 0.05) is 17.4 Å². The largest absolute Gasteiger partial charge is 0.504 e. The van der Waals surface area contributed by atoms with Gasteiger partial charge in [0.15, 0.2) is 23.1 Å². The summed E-state index contributed by atoms with van der Waals surface area (Å²) >= 11 is 0. The van der Waals surface area contributed by atoms with E-state index in [1.165, 1.54) is 25.3 Å². The summed E-state index contributed by atoms with van der Waals surface area (Å²) in [6.07, 6.45) is -7.71. The number of amides is 2. The third-order valence-electron chi connectivity index (χ3n) is 11.7. The zero-order chi connectivity index (χ0) is 39.9. The molecule has 1 N–H and O–H groups in total. The van der Waals surface area contributed by atoms with Crippen molar-refractivity contribution in [3.63, 3.8) is 0 Å². The molecule has 286 valence electrons. The molecule has 8 rings (SSSR count). The lowest BCUT2D eigenvalue weighted by Crippen LogP contribution is -2.58. The predicted molar refractivity (Wildman–Crippen MR) is 190 cm³/mol. The van der Waals surface area contributed by atoms with Crippen LogP contribution in [0.3, 0.4) is 0 Å². The number of ether oxygens (including phenoxy) is 1. The topological polar surface area (TPSA) is 101 Å². The number of Topliss-reactive ketones (excluding diaryl/α,β-unsaturated/α-hetero) is 1. The number of aromatic hydroxyl groups is 1. The molecule has 2 amide bonds. The van der Waals surface area contributed by atoms with Crippen molar-refractivity contribution in [2.75, 3.05) is 12.0 Å². The highest BCUT2D eigenvalue weighted by Gasteiger charge is 2.66. The Morgan fingerprint density at radius 1 is 0.768 bits per heavy atom. The minimum Gasteiger partial charge on any atom is -0.504 e. The Morgan fingerprint density at radius 2 is 1.39 bits per heavy atom. The average molecular weight is 772 g/mol. The molecule has 0 bridgehead atoms. The molecule has 0 radical (unpaired) electrons. The van der Waals surface area contributed by atoms with Gasteiger partial charge in [-0.25, -0.2) is 4.90 Å². The summed E-state index contributed by atoms with van der Waals surface area (Å²) < 4.78 is 89.0. The van der Waals surface area contributed by atoms with Gasteiger partial charge in [-0.2, -0.15) is 26.3 Å². The number of ketones is 2. The first kappa shape index (κ1) is 37.0. The van der Waals surface area contributed by atoms with Crippen LogP contribution in [0.15, 0.2) is 115 Å². The van der Waals surface area contributed by atoms with Gasteiger partial charge in [0.05, 0.1) is 41.2 Å². The number of benzene rings is 4. The van der Waals surface area contributed by atoms with E-state index in [9.17, 15) is 41.0 Å². The van der Waals surface area contributed by atoms with Crippen molar-refractivity contribution in [1.82, 2.24) is 0 Å². The van der Waals surface area contributed by atoms with Crippen molar-refractivity contribution in [2.45, 2.75) is 36.5 Å². The third-order valence-corrected chi connectivity index (χ3v) is 11.7. The van der Waals surface area contributed by atoms with Crippen LogP contribution in [0.1, 0.15) is 46.6 Å².